The monoisotopic (exact) mass is 458 g/mol. The molecule has 2 heterocycles. The molecule has 0 N–H and O–H groups in total. The normalized spacial score (nSPS) is 15.5. The summed E-state index contributed by atoms with van der Waals surface area (Å²) in [6.07, 6.45) is 3.02. The van der Waals surface area contributed by atoms with Gasteiger partial charge in [-0.15, -0.1) is 0 Å². The van der Waals surface area contributed by atoms with Crippen LogP contribution in [0.2, 0.25) is 10.0 Å². The van der Waals surface area contributed by atoms with Crippen molar-refractivity contribution in [1.29, 1.82) is 0 Å². The topological polar surface area (TPSA) is 41.4 Å². The minimum absolute atomic E-state index is 0.175. The molecule has 0 atom stereocenters. The van der Waals surface area contributed by atoms with Crippen LogP contribution in [0.15, 0.2) is 42.5 Å². The van der Waals surface area contributed by atoms with Crippen LogP contribution < -0.4 is 0 Å². The molecule has 0 aliphatic carbocycles. The van der Waals surface area contributed by atoms with Crippen LogP contribution in [0.5, 0.6) is 0 Å². The molecule has 1 aliphatic heterocycles. The number of imidazole rings is 1. The number of hydrogen-bond acceptors (Lipinski definition) is 3. The van der Waals surface area contributed by atoms with E-state index in [1.165, 1.54) is 0 Å². The summed E-state index contributed by atoms with van der Waals surface area (Å²) in [6, 6.07) is 13.9. The molecule has 1 aliphatic rings. The number of rotatable bonds is 6. The first-order chi connectivity index (χ1) is 14.9. The van der Waals surface area contributed by atoms with Crippen LogP contribution in [-0.4, -0.2) is 58.5 Å². The number of aryl methyl sites for hydroxylation is 1. The zero-order valence-electron chi connectivity index (χ0n) is 18.0. The summed E-state index contributed by atoms with van der Waals surface area (Å²) < 4.78 is 2.13. The first kappa shape index (κ1) is 22.1. The Morgan fingerprint density at radius 2 is 1.77 bits per heavy atom. The van der Waals surface area contributed by atoms with Crippen molar-refractivity contribution in [3.05, 3.63) is 63.9 Å². The maximum atomic E-state index is 13.0. The number of para-hydroxylation sites is 2. The maximum Gasteiger partial charge on any atom is 0.224 e. The highest BCUT2D eigenvalue weighted by Crippen LogP contribution is 2.28. The van der Waals surface area contributed by atoms with Gasteiger partial charge in [-0.1, -0.05) is 41.4 Å². The molecular formula is C24H28Cl2N4O. The Hall–Kier alpha value is -2.08. The molecule has 0 saturated carbocycles. The van der Waals surface area contributed by atoms with Gasteiger partial charge >= 0.3 is 0 Å². The third kappa shape index (κ3) is 4.89. The van der Waals surface area contributed by atoms with E-state index in [1.54, 1.807) is 0 Å². The molecule has 1 fully saturated rings. The molecule has 7 heteroatoms. The van der Waals surface area contributed by atoms with Gasteiger partial charge in [0.05, 0.1) is 11.0 Å². The van der Waals surface area contributed by atoms with Crippen molar-refractivity contribution in [2.45, 2.75) is 38.3 Å². The number of carbonyl (C=O) groups is 1. The highest BCUT2D eigenvalue weighted by molar-refractivity contribution is 6.36. The lowest BCUT2D eigenvalue weighted by molar-refractivity contribution is -0.133. The highest BCUT2D eigenvalue weighted by Gasteiger charge is 2.24. The number of piperidine rings is 1. The summed E-state index contributed by atoms with van der Waals surface area (Å²) in [5, 5.41) is 1.26. The van der Waals surface area contributed by atoms with Gasteiger partial charge in [0.15, 0.2) is 0 Å². The summed E-state index contributed by atoms with van der Waals surface area (Å²) in [5.41, 5.74) is 2.80. The van der Waals surface area contributed by atoms with E-state index < -0.39 is 0 Å². The van der Waals surface area contributed by atoms with Crippen molar-refractivity contribution < 1.29 is 4.79 Å². The Labute approximate surface area is 193 Å². The highest BCUT2D eigenvalue weighted by atomic mass is 35.5. The Bertz CT molecular complexity index is 1050. The van der Waals surface area contributed by atoms with Crippen LogP contribution in [0, 0.1) is 0 Å². The van der Waals surface area contributed by atoms with Crippen LogP contribution in [0.25, 0.3) is 11.0 Å². The fourth-order valence-corrected chi connectivity index (χ4v) is 4.87. The summed E-state index contributed by atoms with van der Waals surface area (Å²) >= 11 is 12.8. The number of halogens is 2. The first-order valence-corrected chi connectivity index (χ1v) is 11.5. The summed E-state index contributed by atoms with van der Waals surface area (Å²) in [5.74, 6) is 1.04. The Balaban J connectivity index is 1.54. The number of aromatic nitrogens is 2. The Morgan fingerprint density at radius 3 is 2.48 bits per heavy atom. The van der Waals surface area contributed by atoms with Crippen molar-refractivity contribution in [1.82, 2.24) is 19.4 Å². The van der Waals surface area contributed by atoms with Gasteiger partial charge in [-0.2, -0.15) is 0 Å². The zero-order chi connectivity index (χ0) is 22.0. The van der Waals surface area contributed by atoms with Crippen molar-refractivity contribution in [2.75, 3.05) is 27.2 Å². The lowest BCUT2D eigenvalue weighted by Gasteiger charge is -2.35. The predicted octanol–water partition coefficient (Wildman–Crippen LogP) is 4.88. The summed E-state index contributed by atoms with van der Waals surface area (Å²) in [6.45, 7) is 2.65. The molecule has 1 saturated heterocycles. The van der Waals surface area contributed by atoms with E-state index in [9.17, 15) is 4.79 Å². The molecule has 0 spiro atoms. The second kappa shape index (κ2) is 9.60. The lowest BCUT2D eigenvalue weighted by atomic mass is 10.0. The van der Waals surface area contributed by atoms with Gasteiger partial charge in [0.25, 0.3) is 0 Å². The number of amides is 1. The van der Waals surface area contributed by atoms with Gasteiger partial charge < -0.3 is 14.4 Å². The van der Waals surface area contributed by atoms with Crippen molar-refractivity contribution in [3.63, 3.8) is 0 Å². The number of fused-ring (bicyclic) bond motifs is 1. The predicted molar refractivity (Wildman–Crippen MR) is 127 cm³/mol. The first-order valence-electron chi connectivity index (χ1n) is 10.7. The molecule has 0 unspecified atom stereocenters. The van der Waals surface area contributed by atoms with Crippen LogP contribution in [0.3, 0.4) is 0 Å². The van der Waals surface area contributed by atoms with E-state index in [0.29, 0.717) is 35.5 Å². The van der Waals surface area contributed by atoms with Crippen LogP contribution in [0.4, 0.5) is 0 Å². The second-order valence-electron chi connectivity index (χ2n) is 8.33. The molecule has 2 aromatic carbocycles. The van der Waals surface area contributed by atoms with Crippen molar-refractivity contribution in [2.24, 2.45) is 0 Å². The van der Waals surface area contributed by atoms with Gasteiger partial charge in [0, 0.05) is 42.5 Å². The molecule has 3 aromatic rings. The van der Waals surface area contributed by atoms with Gasteiger partial charge in [-0.05, 0) is 62.8 Å². The van der Waals surface area contributed by atoms with Gasteiger partial charge in [-0.25, -0.2) is 4.98 Å². The number of nitrogens with zero attached hydrogens (tertiary/aromatic N) is 4. The number of hydrogen-bond donors (Lipinski definition) is 0. The smallest absolute Gasteiger partial charge is 0.224 e. The third-order valence-electron chi connectivity index (χ3n) is 6.31. The number of carbonyl (C=O) groups excluding carboxylic acids is 1. The fourth-order valence-electron chi connectivity index (χ4n) is 4.34. The van der Waals surface area contributed by atoms with Crippen molar-refractivity contribution >= 4 is 40.1 Å². The third-order valence-corrected chi connectivity index (χ3v) is 7.02. The van der Waals surface area contributed by atoms with Crippen LogP contribution >= 0.6 is 23.2 Å². The molecule has 0 radical (unpaired) electrons. The molecular weight excluding hydrogens is 431 g/mol. The molecule has 1 aromatic heterocycles. The van der Waals surface area contributed by atoms with E-state index in [0.717, 1.165) is 48.4 Å². The molecule has 1 amide bonds. The average molecular weight is 459 g/mol. The Morgan fingerprint density at radius 1 is 1.10 bits per heavy atom. The van der Waals surface area contributed by atoms with E-state index >= 15 is 0 Å². The number of likely N-dealkylation sites (tertiary alicyclic amines) is 1. The molecule has 164 valence electrons. The lowest BCUT2D eigenvalue weighted by Crippen LogP contribution is -2.44. The minimum Gasteiger partial charge on any atom is -0.343 e. The van der Waals surface area contributed by atoms with E-state index in [4.69, 9.17) is 28.2 Å². The standard InChI is InChI=1S/C24H28Cl2N4O/c1-28-13-10-17(11-14-28)29(2)24(31)12-15-30-22-9-4-3-8-21(22)27-23(30)16-18-19(25)6-5-7-20(18)26/h3-9,17H,10-16H2,1-2H3. The number of benzene rings is 2. The van der Waals surface area contributed by atoms with Crippen LogP contribution in [0.1, 0.15) is 30.7 Å². The van der Waals surface area contributed by atoms with Crippen molar-refractivity contribution in [3.8, 4) is 0 Å². The second-order valence-corrected chi connectivity index (χ2v) is 9.15. The summed E-state index contributed by atoms with van der Waals surface area (Å²) in [7, 11) is 4.07. The molecule has 4 rings (SSSR count). The fraction of sp³-hybridized carbons (Fsp3) is 0.417. The minimum atomic E-state index is 0.175. The molecule has 31 heavy (non-hydrogen) atoms. The zero-order valence-corrected chi connectivity index (χ0v) is 19.5. The van der Waals surface area contributed by atoms with Gasteiger partial charge in [-0.3, -0.25) is 4.79 Å². The van der Waals surface area contributed by atoms with Gasteiger partial charge in [0.2, 0.25) is 5.91 Å². The van der Waals surface area contributed by atoms with Crippen LogP contribution in [-0.2, 0) is 17.8 Å². The average Bonchev–Trinajstić information content (AvgIpc) is 3.12. The van der Waals surface area contributed by atoms with E-state index in [2.05, 4.69) is 16.5 Å². The van der Waals surface area contributed by atoms with E-state index in [1.807, 2.05) is 54.4 Å². The van der Waals surface area contributed by atoms with Gasteiger partial charge in [0.1, 0.15) is 5.82 Å². The maximum absolute atomic E-state index is 13.0. The van der Waals surface area contributed by atoms with E-state index in [-0.39, 0.29) is 5.91 Å². The summed E-state index contributed by atoms with van der Waals surface area (Å²) in [4.78, 5) is 22.1. The molecule has 5 nitrogen and oxygen atoms in total. The quantitative estimate of drug-likeness (QED) is 0.528. The Kier molecular flexibility index (Phi) is 6.85. The largest absolute Gasteiger partial charge is 0.343 e. The SMILES string of the molecule is CN1CCC(N(C)C(=O)CCn2c(Cc3c(Cl)cccc3Cl)nc3ccccc32)CC1. The molecule has 0 bridgehead atoms.